The first-order valence-corrected chi connectivity index (χ1v) is 5.78. The van der Waals surface area contributed by atoms with Gasteiger partial charge in [-0.3, -0.25) is 14.9 Å². The van der Waals surface area contributed by atoms with Gasteiger partial charge in [0.1, 0.15) is 16.4 Å². The van der Waals surface area contributed by atoms with Gasteiger partial charge in [-0.15, -0.1) is 0 Å². The minimum atomic E-state index is -0.863. The van der Waals surface area contributed by atoms with Crippen molar-refractivity contribution in [3.8, 4) is 5.75 Å². The minimum absolute atomic E-state index is 0.148. The van der Waals surface area contributed by atoms with Gasteiger partial charge in [-0.25, -0.2) is 4.39 Å². The van der Waals surface area contributed by atoms with E-state index in [0.29, 0.717) is 5.75 Å². The molecule has 0 aliphatic carbocycles. The maximum Gasteiger partial charge on any atom is 0.241 e. The molecule has 17 heavy (non-hydrogen) atoms. The molecular weight excluding hydrogens is 293 g/mol. The quantitative estimate of drug-likeness (QED) is 0.662. The molecule has 1 aromatic carbocycles. The molecule has 0 spiro atoms. The molecule has 1 saturated heterocycles. The highest BCUT2D eigenvalue weighted by Crippen LogP contribution is 2.33. The molecule has 1 aliphatic rings. The van der Waals surface area contributed by atoms with Gasteiger partial charge in [0.05, 0.1) is 13.0 Å². The summed E-state index contributed by atoms with van der Waals surface area (Å²) < 4.78 is 18.6. The van der Waals surface area contributed by atoms with Crippen LogP contribution < -0.4 is 10.1 Å². The third-order valence-electron chi connectivity index (χ3n) is 2.61. The molecule has 2 rings (SSSR count). The van der Waals surface area contributed by atoms with Crippen molar-refractivity contribution >= 4 is 27.7 Å². The van der Waals surface area contributed by atoms with Gasteiger partial charge in [-0.1, -0.05) is 15.9 Å². The summed E-state index contributed by atoms with van der Waals surface area (Å²) >= 11 is 3.09. The highest BCUT2D eigenvalue weighted by molar-refractivity contribution is 9.10. The molecule has 1 fully saturated rings. The molecule has 0 aromatic heterocycles. The van der Waals surface area contributed by atoms with Crippen molar-refractivity contribution in [2.24, 2.45) is 0 Å². The lowest BCUT2D eigenvalue weighted by atomic mass is 9.96. The number of halogens is 2. The fraction of sp³-hybridized carbons (Fsp3) is 0.273. The van der Waals surface area contributed by atoms with Crippen molar-refractivity contribution in [1.29, 1.82) is 0 Å². The number of ether oxygens (including phenoxy) is 1. The number of alkyl halides is 1. The number of nitrogens with one attached hydrogen (secondary N) is 1. The fourth-order valence-corrected chi connectivity index (χ4v) is 2.38. The Morgan fingerprint density at radius 1 is 1.35 bits per heavy atom. The lowest BCUT2D eigenvalue weighted by Crippen LogP contribution is -2.22. The summed E-state index contributed by atoms with van der Waals surface area (Å²) in [5.74, 6) is -1.93. The molecule has 0 saturated carbocycles. The maximum atomic E-state index is 13.7. The number of hydrogen-bond acceptors (Lipinski definition) is 3. The summed E-state index contributed by atoms with van der Waals surface area (Å²) in [6.45, 7) is 0. The molecule has 2 atom stereocenters. The zero-order chi connectivity index (χ0) is 12.6. The molecule has 1 heterocycles. The highest BCUT2D eigenvalue weighted by Gasteiger charge is 2.42. The Kier molecular flexibility index (Phi) is 3.15. The first-order valence-electron chi connectivity index (χ1n) is 4.87. The number of hydrogen-bond donors (Lipinski definition) is 1. The molecule has 4 nitrogen and oxygen atoms in total. The second-order valence-corrected chi connectivity index (χ2v) is 4.61. The van der Waals surface area contributed by atoms with Crippen LogP contribution in [0.15, 0.2) is 18.2 Å². The maximum absolute atomic E-state index is 13.7. The Bertz CT molecular complexity index is 492. The van der Waals surface area contributed by atoms with Crippen molar-refractivity contribution in [1.82, 2.24) is 5.32 Å². The molecule has 90 valence electrons. The van der Waals surface area contributed by atoms with E-state index in [9.17, 15) is 14.0 Å². The van der Waals surface area contributed by atoms with Crippen molar-refractivity contribution < 1.29 is 18.7 Å². The Labute approximate surface area is 105 Å². The third-order valence-corrected chi connectivity index (χ3v) is 3.55. The number of amides is 2. The predicted molar refractivity (Wildman–Crippen MR) is 61.6 cm³/mol. The van der Waals surface area contributed by atoms with Gasteiger partial charge in [-0.2, -0.15) is 0 Å². The van der Waals surface area contributed by atoms with E-state index in [1.54, 1.807) is 0 Å². The largest absolute Gasteiger partial charge is 0.497 e. The first-order chi connectivity index (χ1) is 8.04. The van der Waals surface area contributed by atoms with E-state index < -0.39 is 28.4 Å². The zero-order valence-corrected chi connectivity index (χ0v) is 10.5. The Morgan fingerprint density at radius 3 is 2.59 bits per heavy atom. The van der Waals surface area contributed by atoms with E-state index in [1.165, 1.54) is 25.3 Å². The summed E-state index contributed by atoms with van der Waals surface area (Å²) in [5.41, 5.74) is 0.148. The van der Waals surface area contributed by atoms with Crippen LogP contribution in [0.3, 0.4) is 0 Å². The number of carbonyl (C=O) groups is 2. The third kappa shape index (κ3) is 2.04. The van der Waals surface area contributed by atoms with Crippen LogP contribution in [0.25, 0.3) is 0 Å². The molecule has 0 bridgehead atoms. The van der Waals surface area contributed by atoms with Gasteiger partial charge in [0.2, 0.25) is 11.8 Å². The van der Waals surface area contributed by atoms with Crippen LogP contribution in [-0.2, 0) is 9.59 Å². The molecular formula is C11H9BrFNO3. The first kappa shape index (κ1) is 12.0. The summed E-state index contributed by atoms with van der Waals surface area (Å²) in [4.78, 5) is 22.1. The summed E-state index contributed by atoms with van der Waals surface area (Å²) in [5, 5.41) is 2.15. The van der Waals surface area contributed by atoms with E-state index in [4.69, 9.17) is 4.74 Å². The van der Waals surface area contributed by atoms with Crippen molar-refractivity contribution in [3.05, 3.63) is 29.6 Å². The number of rotatable bonds is 2. The van der Waals surface area contributed by atoms with Crippen LogP contribution in [0.1, 0.15) is 11.5 Å². The number of methoxy groups -OCH3 is 1. The molecule has 1 aromatic rings. The summed E-state index contributed by atoms with van der Waals surface area (Å²) in [6.07, 6.45) is 0. The molecule has 6 heteroatoms. The number of imide groups is 1. The fourth-order valence-electron chi connectivity index (χ4n) is 1.74. The molecule has 1 N–H and O–H groups in total. The van der Waals surface area contributed by atoms with E-state index in [0.717, 1.165) is 0 Å². The average Bonchev–Trinajstić information content (AvgIpc) is 2.55. The second kappa shape index (κ2) is 4.44. The SMILES string of the molecule is COc1ccc(F)c(C2C(=O)NC(=O)C2Br)c1. The van der Waals surface area contributed by atoms with Gasteiger partial charge < -0.3 is 4.74 Å². The summed E-state index contributed by atoms with van der Waals surface area (Å²) in [6, 6.07) is 4.09. The normalized spacial score (nSPS) is 23.7. The number of carbonyl (C=O) groups excluding carboxylic acids is 2. The van der Waals surface area contributed by atoms with Gasteiger partial charge in [0, 0.05) is 5.56 Å². The molecule has 2 amide bonds. The standard InChI is InChI=1S/C11H9BrFNO3/c1-17-5-2-3-7(13)6(4-5)8-9(12)11(16)14-10(8)15/h2-4,8-9H,1H3,(H,14,15,16). The van der Waals surface area contributed by atoms with Crippen molar-refractivity contribution in [3.63, 3.8) is 0 Å². The predicted octanol–water partition coefficient (Wildman–Crippen LogP) is 1.34. The average molecular weight is 302 g/mol. The van der Waals surface area contributed by atoms with E-state index in [1.807, 2.05) is 0 Å². The lowest BCUT2D eigenvalue weighted by molar-refractivity contribution is -0.125. The van der Waals surface area contributed by atoms with Crippen LogP contribution in [0.2, 0.25) is 0 Å². The van der Waals surface area contributed by atoms with Crippen LogP contribution in [0.4, 0.5) is 4.39 Å². The Hall–Kier alpha value is -1.43. The van der Waals surface area contributed by atoms with E-state index >= 15 is 0 Å². The Morgan fingerprint density at radius 2 is 2.06 bits per heavy atom. The Balaban J connectivity index is 2.46. The van der Waals surface area contributed by atoms with Gasteiger partial charge in [0.25, 0.3) is 0 Å². The van der Waals surface area contributed by atoms with Gasteiger partial charge in [0.15, 0.2) is 0 Å². The van der Waals surface area contributed by atoms with Crippen molar-refractivity contribution in [2.45, 2.75) is 10.7 Å². The smallest absolute Gasteiger partial charge is 0.241 e. The zero-order valence-electron chi connectivity index (χ0n) is 8.87. The lowest BCUT2D eigenvalue weighted by Gasteiger charge is -2.12. The van der Waals surface area contributed by atoms with Crippen LogP contribution in [-0.4, -0.2) is 23.8 Å². The van der Waals surface area contributed by atoms with Gasteiger partial charge in [-0.05, 0) is 18.2 Å². The summed E-state index contributed by atoms with van der Waals surface area (Å²) in [7, 11) is 1.45. The minimum Gasteiger partial charge on any atom is -0.497 e. The molecule has 2 unspecified atom stereocenters. The molecule has 0 radical (unpaired) electrons. The van der Waals surface area contributed by atoms with Gasteiger partial charge >= 0.3 is 0 Å². The van der Waals surface area contributed by atoms with Crippen LogP contribution in [0, 0.1) is 5.82 Å². The molecule has 1 aliphatic heterocycles. The van der Waals surface area contributed by atoms with Crippen LogP contribution >= 0.6 is 15.9 Å². The van der Waals surface area contributed by atoms with E-state index in [2.05, 4.69) is 21.2 Å². The second-order valence-electron chi connectivity index (χ2n) is 3.62. The van der Waals surface area contributed by atoms with Crippen molar-refractivity contribution in [2.75, 3.05) is 7.11 Å². The number of benzene rings is 1. The highest BCUT2D eigenvalue weighted by atomic mass is 79.9. The van der Waals surface area contributed by atoms with Crippen LogP contribution in [0.5, 0.6) is 5.75 Å². The van der Waals surface area contributed by atoms with E-state index in [-0.39, 0.29) is 5.56 Å². The monoisotopic (exact) mass is 301 g/mol. The topological polar surface area (TPSA) is 55.4 Å².